The highest BCUT2D eigenvalue weighted by atomic mass is 35.5. The Balaban J connectivity index is 0.716. The number of phenolic OH excluding ortho intramolecular Hbond substituents is 1. The molecule has 10 aliphatic rings. The topological polar surface area (TPSA) is 368 Å². The Morgan fingerprint density at radius 2 is 1.33 bits per heavy atom. The van der Waals surface area contributed by atoms with Crippen molar-refractivity contribution >= 4 is 35.1 Å². The first-order valence-corrected chi connectivity index (χ1v) is 31.3. The van der Waals surface area contributed by atoms with Crippen LogP contribution in [0.2, 0.25) is 10.0 Å². The number of ether oxygens (including phenoxy) is 23. The molecule has 10 heterocycles. The van der Waals surface area contributed by atoms with E-state index in [-0.39, 0.29) is 72.6 Å². The predicted octanol–water partition coefficient (Wildman–Crippen LogP) is 0.847. The van der Waals surface area contributed by atoms with Crippen molar-refractivity contribution < 1.29 is 149 Å². The molecule has 2 spiro atoms. The summed E-state index contributed by atoms with van der Waals surface area (Å²) in [5, 5.41) is 68.2. The van der Waals surface area contributed by atoms with Crippen LogP contribution in [0.5, 0.6) is 11.5 Å². The number of aliphatic hydroxyl groups is 5. The number of benzene rings is 1. The summed E-state index contributed by atoms with van der Waals surface area (Å²) in [6.07, 6.45) is -31.9. The van der Waals surface area contributed by atoms with Crippen molar-refractivity contribution in [2.24, 2.45) is 0 Å². The molecule has 10 saturated heterocycles. The minimum absolute atomic E-state index is 0.0165. The van der Waals surface area contributed by atoms with E-state index in [2.05, 4.69) is 0 Å². The molecule has 0 radical (unpaired) electrons. The van der Waals surface area contributed by atoms with Gasteiger partial charge in [0.25, 0.3) is 5.97 Å². The van der Waals surface area contributed by atoms with Gasteiger partial charge in [0, 0.05) is 40.6 Å². The molecule has 1 aromatic rings. The van der Waals surface area contributed by atoms with Gasteiger partial charge in [0.2, 0.25) is 6.29 Å². The number of aliphatic hydroxyl groups excluding tert-OH is 5. The lowest BCUT2D eigenvalue weighted by Gasteiger charge is -2.49. The van der Waals surface area contributed by atoms with Crippen molar-refractivity contribution in [1.29, 1.82) is 0 Å². The van der Waals surface area contributed by atoms with E-state index >= 15 is 0 Å². The Labute approximate surface area is 534 Å². The van der Waals surface area contributed by atoms with Crippen LogP contribution in [-0.4, -0.2) is 280 Å². The zero-order valence-electron chi connectivity index (χ0n) is 52.3. The fourth-order valence-electron chi connectivity index (χ4n) is 14.0. The van der Waals surface area contributed by atoms with Crippen molar-refractivity contribution in [3.63, 3.8) is 0 Å². The molecule has 10 fully saturated rings. The van der Waals surface area contributed by atoms with Gasteiger partial charge in [-0.3, -0.25) is 4.79 Å². The molecule has 0 bridgehead atoms. The number of halogens is 2. The van der Waals surface area contributed by atoms with Crippen LogP contribution in [0.25, 0.3) is 0 Å². The van der Waals surface area contributed by atoms with Gasteiger partial charge in [0.15, 0.2) is 55.0 Å². The van der Waals surface area contributed by atoms with E-state index < -0.39 is 207 Å². The van der Waals surface area contributed by atoms with Crippen molar-refractivity contribution in [3.8, 4) is 11.5 Å². The van der Waals surface area contributed by atoms with Gasteiger partial charge in [0.05, 0.1) is 74.5 Å². The van der Waals surface area contributed by atoms with Crippen LogP contribution >= 0.6 is 23.2 Å². The quantitative estimate of drug-likeness (QED) is 0.118. The summed E-state index contributed by atoms with van der Waals surface area (Å²) < 4.78 is 141. The van der Waals surface area contributed by atoms with Gasteiger partial charge in [-0.25, -0.2) is 4.79 Å². The van der Waals surface area contributed by atoms with E-state index in [1.165, 1.54) is 35.4 Å². The molecular weight excluding hydrogens is 1260 g/mol. The summed E-state index contributed by atoms with van der Waals surface area (Å²) in [5.74, 6) is -5.87. The summed E-state index contributed by atoms with van der Waals surface area (Å²) in [7, 11) is 5.40. The number of fused-ring (bicyclic) bond motifs is 4. The average Bonchev–Trinajstić information content (AvgIpc) is 1.60. The number of carbonyl (C=O) groups excluding carboxylic acids is 2. The maximum atomic E-state index is 13.5. The van der Waals surface area contributed by atoms with Crippen LogP contribution < -0.4 is 4.74 Å². The molecule has 0 aromatic heterocycles. The van der Waals surface area contributed by atoms with E-state index in [9.17, 15) is 40.2 Å². The second kappa shape index (κ2) is 27.7. The van der Waals surface area contributed by atoms with Crippen molar-refractivity contribution in [3.05, 3.63) is 21.2 Å². The normalized spacial score (nSPS) is 48.0. The number of hydrogen-bond acceptors (Lipinski definition) is 31. The molecule has 1 aromatic carbocycles. The van der Waals surface area contributed by atoms with E-state index in [1.54, 1.807) is 48.5 Å². The van der Waals surface area contributed by atoms with Crippen LogP contribution in [0.1, 0.15) is 90.1 Å². The SMILES string of the molecule is CCC(=O)OC1C(OC2OC(COC)C(OC3OC(C)C(OC)C(OC4CC5(C)OC6(CC(O)C(OC7CC(O)C(OC(=O)c8c(C)c(Cl)c(O)c(Cl)c8OC)C(C)O7)C(C)O6)OC5C(C)O4)C3O)C(O)C2OC)OCC2OC3(OC(C)C(O)C4OCOC43)OC21. The molecule has 31 nitrogen and oxygen atoms in total. The van der Waals surface area contributed by atoms with Gasteiger partial charge in [0.1, 0.15) is 102 Å². The molecule has 31 unspecified atom stereocenters. The van der Waals surface area contributed by atoms with E-state index in [1.807, 2.05) is 0 Å². The second-order valence-corrected chi connectivity index (χ2v) is 25.4. The number of rotatable bonds is 17. The number of hydrogen-bond donors (Lipinski definition) is 6. The molecule has 6 N–H and O–H groups in total. The summed E-state index contributed by atoms with van der Waals surface area (Å²) in [6.45, 7) is 12.7. The third-order valence-electron chi connectivity index (χ3n) is 18.5. The molecule has 31 atom stereocenters. The Bertz CT molecular complexity index is 2690. The highest BCUT2D eigenvalue weighted by Crippen LogP contribution is 2.52. The summed E-state index contributed by atoms with van der Waals surface area (Å²) >= 11 is 12.5. The standard InChI is InChI=1S/C58H84Cl2O31/c1-13-30(63)80-49-44-29(88-58(89-44)51-47(74-19-75-51)36(64)21(3)87-58)18-73-54(49)85-55-48(72-12)38(66)43(28(79-55)17-69-9)84-53-39(67)46(42(70-10)23(5)78-53)82-32-16-56(8)50(25(7)77-32)90-57(91-56)15-27(62)41(24(6)86-57)81-31-14-26(61)40(22(4)76-31)83-52(68)33-20(2)34(59)37(65)35(60)45(33)71-11/h21-29,31-32,36,38-44,46-51,53-55,61-62,64-67H,13-19H2,1-12H3. The smallest absolute Gasteiger partial charge is 0.342 e. The molecule has 0 aliphatic carbocycles. The molecule has 516 valence electrons. The van der Waals surface area contributed by atoms with E-state index in [0.717, 1.165) is 0 Å². The lowest BCUT2D eigenvalue weighted by atomic mass is 9.88. The lowest BCUT2D eigenvalue weighted by Crippen LogP contribution is -2.66. The molecule has 0 amide bonds. The minimum atomic E-state index is -1.87. The number of phenols is 1. The minimum Gasteiger partial charge on any atom is -0.505 e. The first kappa shape index (κ1) is 69.7. The first-order valence-electron chi connectivity index (χ1n) is 30.5. The number of aromatic hydroxyl groups is 1. The molecule has 0 saturated carbocycles. The Morgan fingerprint density at radius 3 is 2.01 bits per heavy atom. The van der Waals surface area contributed by atoms with Gasteiger partial charge in [-0.1, -0.05) is 30.1 Å². The lowest BCUT2D eigenvalue weighted by molar-refractivity contribution is -0.420. The first-order chi connectivity index (χ1) is 43.2. The Hall–Kier alpha value is -2.66. The predicted molar refractivity (Wildman–Crippen MR) is 299 cm³/mol. The van der Waals surface area contributed by atoms with E-state index in [4.69, 9.17) is 132 Å². The average molecular weight is 1350 g/mol. The van der Waals surface area contributed by atoms with Crippen LogP contribution in [0.4, 0.5) is 0 Å². The number of esters is 2. The van der Waals surface area contributed by atoms with Gasteiger partial charge in [-0.2, -0.15) is 0 Å². The monoisotopic (exact) mass is 1350 g/mol. The number of methoxy groups -OCH3 is 4. The van der Waals surface area contributed by atoms with E-state index in [0.29, 0.717) is 0 Å². The zero-order chi connectivity index (χ0) is 65.5. The van der Waals surface area contributed by atoms with Crippen molar-refractivity contribution in [2.45, 2.75) is 270 Å². The van der Waals surface area contributed by atoms with Crippen LogP contribution in [0.3, 0.4) is 0 Å². The number of carbonyl (C=O) groups is 2. The highest BCUT2D eigenvalue weighted by Gasteiger charge is 2.69. The third-order valence-corrected chi connectivity index (χ3v) is 19.3. The maximum Gasteiger partial charge on any atom is 0.342 e. The zero-order valence-corrected chi connectivity index (χ0v) is 53.8. The van der Waals surface area contributed by atoms with Crippen LogP contribution in [-0.2, 0) is 109 Å². The van der Waals surface area contributed by atoms with Crippen molar-refractivity contribution in [1.82, 2.24) is 0 Å². The fraction of sp³-hybridized carbons (Fsp3) is 0.862. The van der Waals surface area contributed by atoms with Crippen molar-refractivity contribution in [2.75, 3.05) is 48.4 Å². The summed E-state index contributed by atoms with van der Waals surface area (Å²) in [6, 6.07) is 0. The van der Waals surface area contributed by atoms with Crippen LogP contribution in [0.15, 0.2) is 0 Å². The molecule has 11 rings (SSSR count). The summed E-state index contributed by atoms with van der Waals surface area (Å²) in [4.78, 5) is 26.6. The fourth-order valence-corrected chi connectivity index (χ4v) is 14.5. The molecule has 91 heavy (non-hydrogen) atoms. The van der Waals surface area contributed by atoms with Crippen LogP contribution in [0, 0.1) is 6.92 Å². The molecule has 33 heteroatoms. The third kappa shape index (κ3) is 13.1. The maximum absolute atomic E-state index is 13.5. The molecular formula is C58H84Cl2O31. The van der Waals surface area contributed by atoms with Gasteiger partial charge in [-0.15, -0.1) is 0 Å². The van der Waals surface area contributed by atoms with Gasteiger partial charge >= 0.3 is 17.9 Å². The largest absolute Gasteiger partial charge is 0.505 e. The Kier molecular flexibility index (Phi) is 21.2. The Morgan fingerprint density at radius 1 is 0.615 bits per heavy atom. The molecule has 10 aliphatic heterocycles. The second-order valence-electron chi connectivity index (χ2n) is 24.7. The summed E-state index contributed by atoms with van der Waals surface area (Å²) in [5.41, 5.74) is -1.19. The highest BCUT2D eigenvalue weighted by molar-refractivity contribution is 6.39. The van der Waals surface area contributed by atoms with Gasteiger partial charge < -0.3 is 140 Å². The van der Waals surface area contributed by atoms with Gasteiger partial charge in [-0.05, 0) is 54.0 Å².